The van der Waals surface area contributed by atoms with E-state index in [0.29, 0.717) is 5.02 Å². The highest BCUT2D eigenvalue weighted by Gasteiger charge is 2.10. The van der Waals surface area contributed by atoms with Gasteiger partial charge in [0.15, 0.2) is 0 Å². The lowest BCUT2D eigenvalue weighted by molar-refractivity contribution is 0.713. The van der Waals surface area contributed by atoms with Crippen LogP contribution >= 0.6 is 11.6 Å². The van der Waals surface area contributed by atoms with Crippen LogP contribution < -0.4 is 5.73 Å². The fourth-order valence-electron chi connectivity index (χ4n) is 1.74. The van der Waals surface area contributed by atoms with Crippen LogP contribution in [0.25, 0.3) is 5.65 Å². The Hall–Kier alpha value is -1.06. The van der Waals surface area contributed by atoms with E-state index in [1.165, 1.54) is 0 Å². The normalized spacial score (nSPS) is 13.3. The molecule has 0 bridgehead atoms. The van der Waals surface area contributed by atoms with Crippen LogP contribution in [-0.4, -0.2) is 15.4 Å². The molecule has 1 atom stereocenters. The summed E-state index contributed by atoms with van der Waals surface area (Å²) in [4.78, 5) is 4.46. The number of pyridine rings is 1. The first-order valence-electron chi connectivity index (χ1n) is 4.96. The molecule has 0 aliphatic carbocycles. The largest absolute Gasteiger partial charge is 0.328 e. The smallest absolute Gasteiger partial charge is 0.137 e. The van der Waals surface area contributed by atoms with Gasteiger partial charge in [0, 0.05) is 24.4 Å². The summed E-state index contributed by atoms with van der Waals surface area (Å²) in [6.07, 6.45) is 2.70. The third kappa shape index (κ3) is 1.98. The lowest BCUT2D eigenvalue weighted by Gasteiger charge is -2.06. The van der Waals surface area contributed by atoms with Gasteiger partial charge in [0.2, 0.25) is 0 Å². The number of hydrogen-bond acceptors (Lipinski definition) is 2. The van der Waals surface area contributed by atoms with Gasteiger partial charge in [-0.2, -0.15) is 0 Å². The fraction of sp³-hybridized carbons (Fsp3) is 0.364. The highest BCUT2D eigenvalue weighted by molar-refractivity contribution is 6.30. The van der Waals surface area contributed by atoms with Crippen molar-refractivity contribution in [3.05, 3.63) is 34.7 Å². The molecule has 2 N–H and O–H groups in total. The first-order chi connectivity index (χ1) is 7.08. The Balaban J connectivity index is 2.60. The molecule has 2 aromatic rings. The van der Waals surface area contributed by atoms with E-state index in [9.17, 15) is 0 Å². The minimum absolute atomic E-state index is 0.127. The molecular formula is C11H14ClN3. The maximum absolute atomic E-state index is 5.96. The summed E-state index contributed by atoms with van der Waals surface area (Å²) >= 11 is 5.96. The molecule has 2 aromatic heterocycles. The number of hydrogen-bond donors (Lipinski definition) is 1. The third-order valence-corrected chi connectivity index (χ3v) is 2.62. The number of aryl methyl sites for hydroxylation is 1. The van der Waals surface area contributed by atoms with E-state index >= 15 is 0 Å². The molecule has 4 heteroatoms. The van der Waals surface area contributed by atoms with Crippen LogP contribution in [0.3, 0.4) is 0 Å². The van der Waals surface area contributed by atoms with Gasteiger partial charge in [-0.25, -0.2) is 4.98 Å². The molecule has 80 valence electrons. The molecule has 15 heavy (non-hydrogen) atoms. The SMILES string of the molecule is Cc1nc2ccc(Cl)cn2c1CC(C)N. The monoisotopic (exact) mass is 223 g/mol. The molecule has 3 nitrogen and oxygen atoms in total. The first-order valence-corrected chi connectivity index (χ1v) is 5.34. The van der Waals surface area contributed by atoms with E-state index in [2.05, 4.69) is 4.98 Å². The van der Waals surface area contributed by atoms with Crippen LogP contribution in [0.5, 0.6) is 0 Å². The highest BCUT2D eigenvalue weighted by atomic mass is 35.5. The molecule has 0 fully saturated rings. The Morgan fingerprint density at radius 3 is 2.93 bits per heavy atom. The number of nitrogens with two attached hydrogens (primary N) is 1. The van der Waals surface area contributed by atoms with Gasteiger partial charge in [0.1, 0.15) is 5.65 Å². The Bertz CT molecular complexity index is 488. The maximum Gasteiger partial charge on any atom is 0.137 e. The van der Waals surface area contributed by atoms with Crippen molar-refractivity contribution in [3.8, 4) is 0 Å². The van der Waals surface area contributed by atoms with Crippen LogP contribution in [0.15, 0.2) is 18.3 Å². The topological polar surface area (TPSA) is 43.3 Å². The van der Waals surface area contributed by atoms with Crippen LogP contribution in [0.2, 0.25) is 5.02 Å². The minimum Gasteiger partial charge on any atom is -0.328 e. The maximum atomic E-state index is 5.96. The van der Waals surface area contributed by atoms with Crippen molar-refractivity contribution in [2.45, 2.75) is 26.3 Å². The molecule has 0 aliphatic heterocycles. The van der Waals surface area contributed by atoms with Crippen molar-refractivity contribution in [1.29, 1.82) is 0 Å². The van der Waals surface area contributed by atoms with Gasteiger partial charge in [-0.15, -0.1) is 0 Å². The summed E-state index contributed by atoms with van der Waals surface area (Å²) in [7, 11) is 0. The Labute approximate surface area is 93.9 Å². The van der Waals surface area contributed by atoms with Gasteiger partial charge in [0.05, 0.1) is 10.7 Å². The van der Waals surface area contributed by atoms with Gasteiger partial charge >= 0.3 is 0 Å². The Kier molecular flexibility index (Phi) is 2.67. The lowest BCUT2D eigenvalue weighted by Crippen LogP contribution is -2.19. The van der Waals surface area contributed by atoms with E-state index in [0.717, 1.165) is 23.5 Å². The van der Waals surface area contributed by atoms with Crippen molar-refractivity contribution < 1.29 is 0 Å². The quantitative estimate of drug-likeness (QED) is 0.848. The average Bonchev–Trinajstić information content (AvgIpc) is 2.43. The molecule has 2 rings (SSSR count). The molecule has 0 saturated carbocycles. The summed E-state index contributed by atoms with van der Waals surface area (Å²) < 4.78 is 2.01. The van der Waals surface area contributed by atoms with Gasteiger partial charge < -0.3 is 10.1 Å². The fourth-order valence-corrected chi connectivity index (χ4v) is 1.90. The third-order valence-electron chi connectivity index (χ3n) is 2.40. The van der Waals surface area contributed by atoms with Gasteiger partial charge in [-0.05, 0) is 26.0 Å². The molecule has 0 spiro atoms. The average molecular weight is 224 g/mol. The standard InChI is InChI=1S/C11H14ClN3/c1-7(13)5-10-8(2)14-11-4-3-9(12)6-15(10)11/h3-4,6-7H,5,13H2,1-2H3. The molecule has 2 heterocycles. The number of rotatable bonds is 2. The van der Waals surface area contributed by atoms with Gasteiger partial charge in [0.25, 0.3) is 0 Å². The van der Waals surface area contributed by atoms with Gasteiger partial charge in [-0.1, -0.05) is 11.6 Å². The van der Waals surface area contributed by atoms with Crippen LogP contribution in [-0.2, 0) is 6.42 Å². The number of fused-ring (bicyclic) bond motifs is 1. The summed E-state index contributed by atoms with van der Waals surface area (Å²) in [6, 6.07) is 3.89. The van der Waals surface area contributed by atoms with Crippen molar-refractivity contribution in [2.24, 2.45) is 5.73 Å². The van der Waals surface area contributed by atoms with E-state index in [4.69, 9.17) is 17.3 Å². The van der Waals surface area contributed by atoms with Gasteiger partial charge in [-0.3, -0.25) is 0 Å². The zero-order valence-electron chi connectivity index (χ0n) is 8.87. The van der Waals surface area contributed by atoms with E-state index in [-0.39, 0.29) is 6.04 Å². The summed E-state index contributed by atoms with van der Waals surface area (Å²) in [5.41, 5.74) is 8.90. The number of nitrogens with zero attached hydrogens (tertiary/aromatic N) is 2. The predicted octanol–water partition coefficient (Wildman–Crippen LogP) is 2.19. The van der Waals surface area contributed by atoms with Crippen molar-refractivity contribution >= 4 is 17.2 Å². The number of halogens is 1. The highest BCUT2D eigenvalue weighted by Crippen LogP contribution is 2.17. The summed E-state index contributed by atoms with van der Waals surface area (Å²) in [6.45, 7) is 3.99. The minimum atomic E-state index is 0.127. The molecule has 0 aromatic carbocycles. The second-order valence-corrected chi connectivity index (χ2v) is 4.34. The second kappa shape index (κ2) is 3.83. The predicted molar refractivity (Wildman–Crippen MR) is 62.3 cm³/mol. The molecular weight excluding hydrogens is 210 g/mol. The molecule has 0 amide bonds. The summed E-state index contributed by atoms with van der Waals surface area (Å²) in [5, 5.41) is 0.714. The van der Waals surface area contributed by atoms with Crippen molar-refractivity contribution in [1.82, 2.24) is 9.38 Å². The Morgan fingerprint density at radius 1 is 1.53 bits per heavy atom. The summed E-state index contributed by atoms with van der Waals surface area (Å²) in [5.74, 6) is 0. The van der Waals surface area contributed by atoms with Crippen LogP contribution in [0.4, 0.5) is 0 Å². The van der Waals surface area contributed by atoms with Crippen LogP contribution in [0, 0.1) is 6.92 Å². The van der Waals surface area contributed by atoms with E-state index in [1.807, 2.05) is 36.6 Å². The number of imidazole rings is 1. The first kappa shape index (κ1) is 10.5. The van der Waals surface area contributed by atoms with E-state index in [1.54, 1.807) is 0 Å². The molecule has 0 radical (unpaired) electrons. The van der Waals surface area contributed by atoms with Crippen LogP contribution in [0.1, 0.15) is 18.3 Å². The van der Waals surface area contributed by atoms with E-state index < -0.39 is 0 Å². The molecule has 0 aliphatic rings. The lowest BCUT2D eigenvalue weighted by atomic mass is 10.1. The molecule has 0 saturated heterocycles. The zero-order chi connectivity index (χ0) is 11.0. The van der Waals surface area contributed by atoms with Crippen molar-refractivity contribution in [2.75, 3.05) is 0 Å². The second-order valence-electron chi connectivity index (χ2n) is 3.90. The zero-order valence-corrected chi connectivity index (χ0v) is 9.62. The van der Waals surface area contributed by atoms with Crippen molar-refractivity contribution in [3.63, 3.8) is 0 Å². The Morgan fingerprint density at radius 2 is 2.27 bits per heavy atom. The number of aromatic nitrogens is 2. The molecule has 1 unspecified atom stereocenters.